The van der Waals surface area contributed by atoms with Crippen molar-refractivity contribution in [3.63, 3.8) is 0 Å². The van der Waals surface area contributed by atoms with E-state index in [4.69, 9.17) is 4.74 Å². The van der Waals surface area contributed by atoms with Crippen molar-refractivity contribution >= 4 is 20.9 Å². The molecule has 60 valence electrons. The monoisotopic (exact) mass is 266 g/mol. The summed E-state index contributed by atoms with van der Waals surface area (Å²) in [7, 11) is 1.70. The molecular weight excluding hydrogens is 252 g/mol. The van der Waals surface area contributed by atoms with E-state index in [2.05, 4.69) is 17.1 Å². The van der Waals surface area contributed by atoms with Gasteiger partial charge < -0.3 is 0 Å². The van der Waals surface area contributed by atoms with E-state index in [9.17, 15) is 0 Å². The van der Waals surface area contributed by atoms with Gasteiger partial charge in [-0.15, -0.1) is 0 Å². The molecule has 0 unspecified atom stereocenters. The molecule has 0 spiro atoms. The number of ether oxygens (including phenoxy) is 1. The van der Waals surface area contributed by atoms with Crippen LogP contribution in [-0.4, -0.2) is 28.0 Å². The van der Waals surface area contributed by atoms with Gasteiger partial charge in [0.05, 0.1) is 0 Å². The fourth-order valence-corrected chi connectivity index (χ4v) is 2.39. The zero-order valence-corrected chi connectivity index (χ0v) is 9.16. The summed E-state index contributed by atoms with van der Waals surface area (Å²) in [5.74, 6) is 0.949. The summed E-state index contributed by atoms with van der Waals surface area (Å²) in [4.78, 5) is 2.31. The summed E-state index contributed by atoms with van der Waals surface area (Å²) in [6.45, 7) is 0. The molecule has 1 aromatic carbocycles. The molecular formula is C9H12OTe. The predicted molar refractivity (Wildman–Crippen MR) is 48.3 cm³/mol. The molecule has 0 atom stereocenters. The molecule has 2 heteroatoms. The van der Waals surface area contributed by atoms with Gasteiger partial charge in [0.2, 0.25) is 0 Å². The van der Waals surface area contributed by atoms with Crippen molar-refractivity contribution in [3.05, 3.63) is 29.8 Å². The number of hydrogen-bond acceptors (Lipinski definition) is 1. The van der Waals surface area contributed by atoms with Crippen molar-refractivity contribution in [3.8, 4) is 5.75 Å². The van der Waals surface area contributed by atoms with Gasteiger partial charge in [-0.3, -0.25) is 0 Å². The van der Waals surface area contributed by atoms with E-state index in [1.165, 1.54) is 10.0 Å². The fraction of sp³-hybridized carbons (Fsp3) is 0.333. The SMILES string of the molecule is COc1ccc(C[Te]C)cc1. The molecule has 0 bridgehead atoms. The van der Waals surface area contributed by atoms with E-state index in [1.54, 1.807) is 7.11 Å². The molecule has 0 N–H and O–H groups in total. The van der Waals surface area contributed by atoms with E-state index in [0.717, 1.165) is 5.75 Å². The Hall–Kier alpha value is -0.190. The van der Waals surface area contributed by atoms with Gasteiger partial charge in [-0.25, -0.2) is 0 Å². The first-order chi connectivity index (χ1) is 5.36. The summed E-state index contributed by atoms with van der Waals surface area (Å²) in [5, 5.41) is 0. The van der Waals surface area contributed by atoms with Crippen LogP contribution in [0.5, 0.6) is 5.75 Å². The van der Waals surface area contributed by atoms with Crippen LogP contribution in [0.3, 0.4) is 0 Å². The van der Waals surface area contributed by atoms with Crippen molar-refractivity contribution in [1.29, 1.82) is 0 Å². The Morgan fingerprint density at radius 1 is 1.27 bits per heavy atom. The third-order valence-electron chi connectivity index (χ3n) is 1.47. The van der Waals surface area contributed by atoms with Crippen LogP contribution in [0.15, 0.2) is 24.3 Å². The molecule has 0 saturated carbocycles. The second kappa shape index (κ2) is 4.64. The Bertz CT molecular complexity index is 205. The first-order valence-corrected chi connectivity index (χ1v) is 7.46. The molecule has 1 rings (SSSR count). The van der Waals surface area contributed by atoms with E-state index < -0.39 is 0 Å². The molecule has 0 aliphatic carbocycles. The Morgan fingerprint density at radius 3 is 2.36 bits per heavy atom. The number of benzene rings is 1. The molecule has 0 radical (unpaired) electrons. The third kappa shape index (κ3) is 2.73. The molecule has 11 heavy (non-hydrogen) atoms. The molecule has 0 heterocycles. The van der Waals surface area contributed by atoms with E-state index >= 15 is 0 Å². The van der Waals surface area contributed by atoms with Crippen molar-refractivity contribution in [2.45, 2.75) is 9.44 Å². The van der Waals surface area contributed by atoms with Gasteiger partial charge in [-0.05, 0) is 0 Å². The van der Waals surface area contributed by atoms with Crippen molar-refractivity contribution in [1.82, 2.24) is 0 Å². The van der Waals surface area contributed by atoms with Crippen LogP contribution >= 0.6 is 0 Å². The van der Waals surface area contributed by atoms with Crippen LogP contribution in [0, 0.1) is 0 Å². The van der Waals surface area contributed by atoms with Crippen molar-refractivity contribution in [2.24, 2.45) is 0 Å². The Balaban J connectivity index is 2.66. The van der Waals surface area contributed by atoms with Crippen LogP contribution in [0.1, 0.15) is 5.56 Å². The topological polar surface area (TPSA) is 9.23 Å². The van der Waals surface area contributed by atoms with Gasteiger partial charge in [-0.2, -0.15) is 0 Å². The molecule has 0 fully saturated rings. The molecule has 0 aliphatic heterocycles. The minimum absolute atomic E-state index is 0.223. The van der Waals surface area contributed by atoms with Gasteiger partial charge in [0.25, 0.3) is 0 Å². The first kappa shape index (κ1) is 8.90. The van der Waals surface area contributed by atoms with Crippen molar-refractivity contribution in [2.75, 3.05) is 7.11 Å². The third-order valence-corrected chi connectivity index (χ3v) is 3.25. The molecule has 0 saturated heterocycles. The first-order valence-electron chi connectivity index (χ1n) is 3.48. The summed E-state index contributed by atoms with van der Waals surface area (Å²) in [6, 6.07) is 8.34. The number of hydrogen-bond donors (Lipinski definition) is 0. The number of methoxy groups -OCH3 is 1. The second-order valence-corrected chi connectivity index (χ2v) is 4.75. The van der Waals surface area contributed by atoms with Gasteiger partial charge >= 0.3 is 77.8 Å². The molecule has 0 aliphatic rings. The Morgan fingerprint density at radius 2 is 1.91 bits per heavy atom. The summed E-state index contributed by atoms with van der Waals surface area (Å²) >= 11 is 0.223. The predicted octanol–water partition coefficient (Wildman–Crippen LogP) is 1.95. The quantitative estimate of drug-likeness (QED) is 0.758. The van der Waals surface area contributed by atoms with Crippen LogP contribution in [0.4, 0.5) is 0 Å². The summed E-state index contributed by atoms with van der Waals surface area (Å²) < 4.78 is 6.34. The van der Waals surface area contributed by atoms with Crippen LogP contribution in [0.25, 0.3) is 0 Å². The Kier molecular flexibility index (Phi) is 3.75. The van der Waals surface area contributed by atoms with Gasteiger partial charge in [0.1, 0.15) is 0 Å². The van der Waals surface area contributed by atoms with E-state index in [-0.39, 0.29) is 20.9 Å². The summed E-state index contributed by atoms with van der Waals surface area (Å²) in [6.07, 6.45) is 0. The van der Waals surface area contributed by atoms with Crippen molar-refractivity contribution < 1.29 is 4.74 Å². The van der Waals surface area contributed by atoms with Crippen LogP contribution < -0.4 is 4.74 Å². The van der Waals surface area contributed by atoms with Gasteiger partial charge in [0, 0.05) is 0 Å². The maximum atomic E-state index is 5.06. The fourth-order valence-electron chi connectivity index (χ4n) is 0.888. The average Bonchev–Trinajstić information content (AvgIpc) is 2.07. The van der Waals surface area contributed by atoms with Crippen LogP contribution in [-0.2, 0) is 4.47 Å². The van der Waals surface area contributed by atoms with Gasteiger partial charge in [-0.1, -0.05) is 0 Å². The second-order valence-electron chi connectivity index (χ2n) is 2.28. The average molecular weight is 264 g/mol. The van der Waals surface area contributed by atoms with E-state index in [0.29, 0.717) is 0 Å². The zero-order valence-electron chi connectivity index (χ0n) is 6.83. The van der Waals surface area contributed by atoms with Gasteiger partial charge in [0.15, 0.2) is 0 Å². The molecule has 1 aromatic rings. The number of rotatable bonds is 3. The molecule has 1 nitrogen and oxygen atoms in total. The normalized spacial score (nSPS) is 9.64. The molecule has 0 aromatic heterocycles. The molecule has 0 amide bonds. The Labute approximate surface area is 77.8 Å². The van der Waals surface area contributed by atoms with E-state index in [1.807, 2.05) is 12.1 Å². The maximum absolute atomic E-state index is 5.06. The van der Waals surface area contributed by atoms with Crippen LogP contribution in [0.2, 0.25) is 4.97 Å². The summed E-state index contributed by atoms with van der Waals surface area (Å²) in [5.41, 5.74) is 1.44. The zero-order chi connectivity index (χ0) is 8.10. The standard InChI is InChI=1S/C9H12OTe/c1-10-9-5-3-8(4-6-9)7-11-2/h3-6H,7H2,1-2H3. The minimum atomic E-state index is 0.223.